The Morgan fingerprint density at radius 3 is 2.53 bits per heavy atom. The number of aromatic amines is 1. The molecule has 0 amide bonds. The van der Waals surface area contributed by atoms with Crippen LogP contribution in [0, 0.1) is 0 Å². The first-order valence-corrected chi connectivity index (χ1v) is 6.45. The average Bonchev–Trinajstić information content (AvgIpc) is 2.86. The van der Waals surface area contributed by atoms with E-state index in [1.807, 2.05) is 0 Å². The van der Waals surface area contributed by atoms with Crippen LogP contribution in [0.5, 0.6) is 0 Å². The summed E-state index contributed by atoms with van der Waals surface area (Å²) in [7, 11) is 0. The van der Waals surface area contributed by atoms with E-state index >= 15 is 0 Å². The molecule has 0 aliphatic carbocycles. The molecule has 0 atom stereocenters. The molecule has 0 unspecified atom stereocenters. The summed E-state index contributed by atoms with van der Waals surface area (Å²) in [5.41, 5.74) is 0.594. The third kappa shape index (κ3) is 5.47. The molecule has 96 valence electrons. The van der Waals surface area contributed by atoms with E-state index in [1.165, 1.54) is 44.9 Å². The van der Waals surface area contributed by atoms with Gasteiger partial charge >= 0.3 is 0 Å². The SMILES string of the molecule is CCCCCCCCC/C(=N\O)c1ncn[nH]1. The number of rotatable bonds is 9. The molecular weight excluding hydrogens is 216 g/mol. The Labute approximate surface area is 102 Å². The normalized spacial score (nSPS) is 11.9. The minimum absolute atomic E-state index is 0.568. The van der Waals surface area contributed by atoms with E-state index in [9.17, 15) is 0 Å². The van der Waals surface area contributed by atoms with Crippen molar-refractivity contribution >= 4 is 5.71 Å². The van der Waals surface area contributed by atoms with Crippen LogP contribution in [0.2, 0.25) is 0 Å². The molecule has 0 bridgehead atoms. The summed E-state index contributed by atoms with van der Waals surface area (Å²) >= 11 is 0. The van der Waals surface area contributed by atoms with E-state index in [0.717, 1.165) is 12.8 Å². The zero-order valence-electron chi connectivity index (χ0n) is 10.5. The number of oxime groups is 1. The Morgan fingerprint density at radius 2 is 1.94 bits per heavy atom. The lowest BCUT2D eigenvalue weighted by Gasteiger charge is -2.01. The van der Waals surface area contributed by atoms with Gasteiger partial charge in [0.15, 0.2) is 5.82 Å². The van der Waals surface area contributed by atoms with Crippen LogP contribution in [-0.4, -0.2) is 26.1 Å². The van der Waals surface area contributed by atoms with Crippen molar-refractivity contribution in [3.8, 4) is 0 Å². The van der Waals surface area contributed by atoms with E-state index in [-0.39, 0.29) is 0 Å². The fourth-order valence-electron chi connectivity index (χ4n) is 1.81. The summed E-state index contributed by atoms with van der Waals surface area (Å²) in [6, 6.07) is 0. The second kappa shape index (κ2) is 8.73. The molecule has 1 aromatic rings. The molecule has 0 saturated carbocycles. The Balaban J connectivity index is 2.09. The molecule has 0 aliphatic rings. The Hall–Kier alpha value is -1.39. The molecule has 0 fully saturated rings. The lowest BCUT2D eigenvalue weighted by Crippen LogP contribution is -2.03. The molecule has 0 aliphatic heterocycles. The zero-order chi connectivity index (χ0) is 12.3. The van der Waals surface area contributed by atoms with Crippen LogP contribution in [0.4, 0.5) is 0 Å². The Bertz CT molecular complexity index is 308. The lowest BCUT2D eigenvalue weighted by atomic mass is 10.1. The van der Waals surface area contributed by atoms with Crippen molar-refractivity contribution in [2.45, 2.75) is 58.3 Å². The van der Waals surface area contributed by atoms with Gasteiger partial charge in [0, 0.05) is 0 Å². The average molecular weight is 238 g/mol. The maximum atomic E-state index is 8.87. The number of aromatic nitrogens is 3. The van der Waals surface area contributed by atoms with Crippen LogP contribution in [0.25, 0.3) is 0 Å². The number of unbranched alkanes of at least 4 members (excludes halogenated alkanes) is 6. The Morgan fingerprint density at radius 1 is 1.24 bits per heavy atom. The van der Waals surface area contributed by atoms with Crippen LogP contribution in [0.1, 0.15) is 64.1 Å². The molecule has 0 aromatic carbocycles. The van der Waals surface area contributed by atoms with Crippen LogP contribution in [-0.2, 0) is 0 Å². The quantitative estimate of drug-likeness (QED) is 0.300. The van der Waals surface area contributed by atoms with Crippen molar-refractivity contribution < 1.29 is 5.21 Å². The first-order chi connectivity index (χ1) is 8.38. The minimum atomic E-state index is 0.568. The highest BCUT2D eigenvalue weighted by Gasteiger charge is 2.06. The van der Waals surface area contributed by atoms with Gasteiger partial charge in [0.25, 0.3) is 0 Å². The molecular formula is C12H22N4O. The first kappa shape index (κ1) is 13.7. The number of nitrogens with zero attached hydrogens (tertiary/aromatic N) is 3. The van der Waals surface area contributed by atoms with Gasteiger partial charge in [-0.2, -0.15) is 5.10 Å². The van der Waals surface area contributed by atoms with Gasteiger partial charge in [0.1, 0.15) is 12.0 Å². The summed E-state index contributed by atoms with van der Waals surface area (Å²) in [6.45, 7) is 2.22. The summed E-state index contributed by atoms with van der Waals surface area (Å²) < 4.78 is 0. The third-order valence-corrected chi connectivity index (χ3v) is 2.83. The topological polar surface area (TPSA) is 74.2 Å². The zero-order valence-corrected chi connectivity index (χ0v) is 10.5. The van der Waals surface area contributed by atoms with Crippen molar-refractivity contribution in [3.05, 3.63) is 12.2 Å². The molecule has 0 radical (unpaired) electrons. The van der Waals surface area contributed by atoms with E-state index < -0.39 is 0 Å². The molecule has 0 spiro atoms. The Kier molecular flexibility index (Phi) is 7.02. The first-order valence-electron chi connectivity index (χ1n) is 6.45. The van der Waals surface area contributed by atoms with E-state index in [1.54, 1.807) is 0 Å². The van der Waals surface area contributed by atoms with Crippen LogP contribution in [0.3, 0.4) is 0 Å². The lowest BCUT2D eigenvalue weighted by molar-refractivity contribution is 0.317. The highest BCUT2D eigenvalue weighted by atomic mass is 16.4. The van der Waals surface area contributed by atoms with Gasteiger partial charge in [0.05, 0.1) is 0 Å². The summed E-state index contributed by atoms with van der Waals surface area (Å²) in [5, 5.41) is 18.6. The van der Waals surface area contributed by atoms with Crippen molar-refractivity contribution in [3.63, 3.8) is 0 Å². The predicted molar refractivity (Wildman–Crippen MR) is 67.3 cm³/mol. The molecule has 5 heteroatoms. The van der Waals surface area contributed by atoms with Crippen LogP contribution < -0.4 is 0 Å². The largest absolute Gasteiger partial charge is 0.411 e. The maximum Gasteiger partial charge on any atom is 0.173 e. The monoisotopic (exact) mass is 238 g/mol. The van der Waals surface area contributed by atoms with Crippen LogP contribution >= 0.6 is 0 Å². The fraction of sp³-hybridized carbons (Fsp3) is 0.750. The third-order valence-electron chi connectivity index (χ3n) is 2.83. The maximum absolute atomic E-state index is 8.87. The van der Waals surface area contributed by atoms with Crippen LogP contribution in [0.15, 0.2) is 11.5 Å². The molecule has 1 heterocycles. The van der Waals surface area contributed by atoms with Gasteiger partial charge in [-0.25, -0.2) is 4.98 Å². The smallest absolute Gasteiger partial charge is 0.173 e. The number of H-pyrrole nitrogens is 1. The van der Waals surface area contributed by atoms with E-state index in [4.69, 9.17) is 5.21 Å². The highest BCUT2D eigenvalue weighted by Crippen LogP contribution is 2.10. The van der Waals surface area contributed by atoms with E-state index in [2.05, 4.69) is 27.3 Å². The second-order valence-electron chi connectivity index (χ2n) is 4.25. The number of hydrogen-bond donors (Lipinski definition) is 2. The van der Waals surface area contributed by atoms with Crippen molar-refractivity contribution in [1.29, 1.82) is 0 Å². The van der Waals surface area contributed by atoms with Crippen molar-refractivity contribution in [2.24, 2.45) is 5.16 Å². The van der Waals surface area contributed by atoms with Gasteiger partial charge in [-0.3, -0.25) is 5.10 Å². The predicted octanol–water partition coefficient (Wildman–Crippen LogP) is 3.12. The van der Waals surface area contributed by atoms with Gasteiger partial charge in [0.2, 0.25) is 0 Å². The second-order valence-corrected chi connectivity index (χ2v) is 4.25. The van der Waals surface area contributed by atoms with Crippen molar-refractivity contribution in [2.75, 3.05) is 0 Å². The van der Waals surface area contributed by atoms with Gasteiger partial charge in [-0.15, -0.1) is 0 Å². The standard InChI is InChI=1S/C12H22N4O/c1-2-3-4-5-6-7-8-9-11(16-17)12-13-10-14-15-12/h10,17H,2-9H2,1H3,(H,13,14,15)/b16-11+. The molecule has 1 aromatic heterocycles. The van der Waals surface area contributed by atoms with Crippen molar-refractivity contribution in [1.82, 2.24) is 15.2 Å². The molecule has 5 nitrogen and oxygen atoms in total. The molecule has 0 saturated heterocycles. The molecule has 2 N–H and O–H groups in total. The van der Waals surface area contributed by atoms with Gasteiger partial charge < -0.3 is 5.21 Å². The molecule has 1 rings (SSSR count). The fourth-order valence-corrected chi connectivity index (χ4v) is 1.81. The summed E-state index contributed by atoms with van der Waals surface area (Å²) in [5.74, 6) is 0.568. The summed E-state index contributed by atoms with van der Waals surface area (Å²) in [4.78, 5) is 3.97. The minimum Gasteiger partial charge on any atom is -0.411 e. The number of nitrogens with one attached hydrogen (secondary N) is 1. The van der Waals surface area contributed by atoms with Gasteiger partial charge in [-0.05, 0) is 12.8 Å². The number of hydrogen-bond acceptors (Lipinski definition) is 4. The van der Waals surface area contributed by atoms with E-state index in [0.29, 0.717) is 11.5 Å². The summed E-state index contributed by atoms with van der Waals surface area (Å²) in [6.07, 6.45) is 10.9. The molecule has 17 heavy (non-hydrogen) atoms. The van der Waals surface area contributed by atoms with Gasteiger partial charge in [-0.1, -0.05) is 50.6 Å². The highest BCUT2D eigenvalue weighted by molar-refractivity contribution is 5.96.